The number of carbonyl (C=O) groups excluding carboxylic acids is 2. The third-order valence-corrected chi connectivity index (χ3v) is 4.83. The van der Waals surface area contributed by atoms with Gasteiger partial charge in [0, 0.05) is 12.8 Å². The zero-order valence-corrected chi connectivity index (χ0v) is 16.8. The molecule has 4 N–H and O–H groups in total. The van der Waals surface area contributed by atoms with E-state index >= 15 is 0 Å². The highest BCUT2D eigenvalue weighted by Gasteiger charge is 2.20. The molecule has 0 saturated heterocycles. The lowest BCUT2D eigenvalue weighted by Crippen LogP contribution is -2.41. The molecule has 0 aromatic rings. The SMILES string of the molecule is CSCCC(NC(=O)CCCCC(=O)NC(CCSC)C(=O)O)C(=O)O. The smallest absolute Gasteiger partial charge is 0.326 e. The van der Waals surface area contributed by atoms with Gasteiger partial charge in [0.1, 0.15) is 12.1 Å². The number of unbranched alkanes of at least 4 members (excludes halogenated alkanes) is 1. The molecule has 0 heterocycles. The van der Waals surface area contributed by atoms with E-state index in [0.29, 0.717) is 37.2 Å². The van der Waals surface area contributed by atoms with E-state index < -0.39 is 24.0 Å². The molecule has 2 atom stereocenters. The van der Waals surface area contributed by atoms with Crippen molar-refractivity contribution in [3.8, 4) is 0 Å². The minimum absolute atomic E-state index is 0.130. The van der Waals surface area contributed by atoms with Crippen molar-refractivity contribution in [1.29, 1.82) is 0 Å². The predicted octanol–water partition coefficient (Wildman–Crippen LogP) is 1.19. The number of carboxylic acids is 2. The first-order valence-corrected chi connectivity index (χ1v) is 11.1. The van der Waals surface area contributed by atoms with E-state index in [1.54, 1.807) is 0 Å². The number of aliphatic carboxylic acids is 2. The van der Waals surface area contributed by atoms with Crippen LogP contribution in [-0.4, -0.2) is 70.1 Å². The Kier molecular flexibility index (Phi) is 13.9. The fraction of sp³-hybridized carbons (Fsp3) is 0.750. The van der Waals surface area contributed by atoms with Gasteiger partial charge in [0.25, 0.3) is 0 Å². The Balaban J connectivity index is 4.08. The highest BCUT2D eigenvalue weighted by atomic mass is 32.2. The first-order valence-electron chi connectivity index (χ1n) is 8.34. The van der Waals surface area contributed by atoms with Gasteiger partial charge in [-0.25, -0.2) is 9.59 Å². The molecule has 0 rings (SSSR count). The number of hydrogen-bond donors (Lipinski definition) is 4. The summed E-state index contributed by atoms with van der Waals surface area (Å²) < 4.78 is 0. The molecule has 2 unspecified atom stereocenters. The van der Waals surface area contributed by atoms with Crippen molar-refractivity contribution in [1.82, 2.24) is 10.6 Å². The summed E-state index contributed by atoms with van der Waals surface area (Å²) in [5, 5.41) is 23.1. The van der Waals surface area contributed by atoms with Gasteiger partial charge in [-0.3, -0.25) is 9.59 Å². The van der Waals surface area contributed by atoms with Gasteiger partial charge in [-0.15, -0.1) is 0 Å². The van der Waals surface area contributed by atoms with Gasteiger partial charge in [-0.2, -0.15) is 23.5 Å². The molecule has 0 bridgehead atoms. The van der Waals surface area contributed by atoms with Crippen molar-refractivity contribution < 1.29 is 29.4 Å². The number of hydrogen-bond acceptors (Lipinski definition) is 6. The van der Waals surface area contributed by atoms with E-state index in [9.17, 15) is 19.2 Å². The molecule has 26 heavy (non-hydrogen) atoms. The number of rotatable bonds is 15. The highest BCUT2D eigenvalue weighted by Crippen LogP contribution is 2.05. The van der Waals surface area contributed by atoms with E-state index in [-0.39, 0.29) is 24.7 Å². The van der Waals surface area contributed by atoms with E-state index in [0.717, 1.165) is 0 Å². The number of amides is 2. The van der Waals surface area contributed by atoms with Gasteiger partial charge < -0.3 is 20.8 Å². The summed E-state index contributed by atoms with van der Waals surface area (Å²) in [6.45, 7) is 0. The third-order valence-electron chi connectivity index (χ3n) is 3.55. The maximum atomic E-state index is 11.8. The lowest BCUT2D eigenvalue weighted by Gasteiger charge is -2.14. The van der Waals surface area contributed by atoms with Crippen LogP contribution in [0.15, 0.2) is 0 Å². The van der Waals surface area contributed by atoms with Gasteiger partial charge >= 0.3 is 11.9 Å². The molecule has 0 aliphatic rings. The molecule has 0 aromatic carbocycles. The van der Waals surface area contributed by atoms with Crippen molar-refractivity contribution >= 4 is 47.3 Å². The maximum absolute atomic E-state index is 11.8. The van der Waals surface area contributed by atoms with Crippen molar-refractivity contribution in [2.45, 2.75) is 50.6 Å². The van der Waals surface area contributed by atoms with Crippen LogP contribution >= 0.6 is 23.5 Å². The second-order valence-corrected chi connectivity index (χ2v) is 7.66. The summed E-state index contributed by atoms with van der Waals surface area (Å²) >= 11 is 3.02. The maximum Gasteiger partial charge on any atom is 0.326 e. The summed E-state index contributed by atoms with van der Waals surface area (Å²) in [5.41, 5.74) is 0. The van der Waals surface area contributed by atoms with Gasteiger partial charge in [0.05, 0.1) is 0 Å². The van der Waals surface area contributed by atoms with Crippen LogP contribution in [0.1, 0.15) is 38.5 Å². The van der Waals surface area contributed by atoms with Crippen molar-refractivity contribution in [3.63, 3.8) is 0 Å². The van der Waals surface area contributed by atoms with Crippen LogP contribution in [0, 0.1) is 0 Å². The van der Waals surface area contributed by atoms with Gasteiger partial charge in [0.15, 0.2) is 0 Å². The number of nitrogens with one attached hydrogen (secondary N) is 2. The highest BCUT2D eigenvalue weighted by molar-refractivity contribution is 7.98. The van der Waals surface area contributed by atoms with Crippen LogP contribution in [0.4, 0.5) is 0 Å². The number of carboxylic acid groups (broad SMARTS) is 2. The van der Waals surface area contributed by atoms with Gasteiger partial charge in [0.2, 0.25) is 11.8 Å². The quantitative estimate of drug-likeness (QED) is 0.297. The van der Waals surface area contributed by atoms with E-state index in [2.05, 4.69) is 10.6 Å². The topological polar surface area (TPSA) is 133 Å². The van der Waals surface area contributed by atoms with Crippen LogP contribution in [0.5, 0.6) is 0 Å². The van der Waals surface area contributed by atoms with Crippen molar-refractivity contribution in [2.24, 2.45) is 0 Å². The molecule has 0 aromatic heterocycles. The predicted molar refractivity (Wildman–Crippen MR) is 104 cm³/mol. The second-order valence-electron chi connectivity index (χ2n) is 5.69. The van der Waals surface area contributed by atoms with Gasteiger partial charge in [-0.1, -0.05) is 0 Å². The monoisotopic (exact) mass is 408 g/mol. The number of carbonyl (C=O) groups is 4. The molecule has 10 heteroatoms. The van der Waals surface area contributed by atoms with Crippen LogP contribution in [0.25, 0.3) is 0 Å². The van der Waals surface area contributed by atoms with E-state index in [1.807, 2.05) is 12.5 Å². The average Bonchev–Trinajstić information content (AvgIpc) is 2.58. The van der Waals surface area contributed by atoms with E-state index in [1.165, 1.54) is 23.5 Å². The summed E-state index contributed by atoms with van der Waals surface area (Å²) in [6, 6.07) is -1.79. The van der Waals surface area contributed by atoms with Crippen LogP contribution in [0.3, 0.4) is 0 Å². The molecule has 2 amide bonds. The first-order chi connectivity index (χ1) is 12.3. The minimum atomic E-state index is -1.06. The summed E-state index contributed by atoms with van der Waals surface area (Å²) in [5.74, 6) is -1.56. The lowest BCUT2D eigenvalue weighted by molar-refractivity contribution is -0.142. The molecule has 150 valence electrons. The summed E-state index contributed by atoms with van der Waals surface area (Å²) in [7, 11) is 0. The average molecular weight is 409 g/mol. The van der Waals surface area contributed by atoms with Crippen LogP contribution in [-0.2, 0) is 19.2 Å². The zero-order chi connectivity index (χ0) is 19.9. The molecule has 0 radical (unpaired) electrons. The summed E-state index contributed by atoms with van der Waals surface area (Å²) in [4.78, 5) is 45.7. The standard InChI is InChI=1S/C16H28N2O6S2/c1-25-9-7-11(15(21)22)17-13(19)5-3-4-6-14(20)18-12(16(23)24)8-10-26-2/h11-12H,3-10H2,1-2H3,(H,17,19)(H,18,20)(H,21,22)(H,23,24). The first kappa shape index (κ1) is 24.6. The Hall–Kier alpha value is -1.42. The van der Waals surface area contributed by atoms with Gasteiger partial charge in [-0.05, 0) is 49.7 Å². The van der Waals surface area contributed by atoms with Crippen molar-refractivity contribution in [3.05, 3.63) is 0 Å². The Labute approximate surface area is 162 Å². The molecule has 0 aliphatic carbocycles. The largest absolute Gasteiger partial charge is 0.480 e. The Morgan fingerprint density at radius 3 is 1.38 bits per heavy atom. The second kappa shape index (κ2) is 14.7. The Morgan fingerprint density at radius 2 is 1.12 bits per heavy atom. The fourth-order valence-electron chi connectivity index (χ4n) is 2.09. The Morgan fingerprint density at radius 1 is 0.769 bits per heavy atom. The molecule has 0 aliphatic heterocycles. The van der Waals surface area contributed by atoms with Crippen molar-refractivity contribution in [2.75, 3.05) is 24.0 Å². The zero-order valence-electron chi connectivity index (χ0n) is 15.2. The minimum Gasteiger partial charge on any atom is -0.480 e. The molecule has 0 saturated carbocycles. The summed E-state index contributed by atoms with van der Waals surface area (Å²) in [6.07, 6.45) is 5.56. The van der Waals surface area contributed by atoms with Crippen LogP contribution in [0.2, 0.25) is 0 Å². The normalized spacial score (nSPS) is 12.8. The lowest BCUT2D eigenvalue weighted by atomic mass is 10.1. The molecular formula is C16H28N2O6S2. The molecule has 8 nitrogen and oxygen atoms in total. The van der Waals surface area contributed by atoms with Crippen LogP contribution < -0.4 is 10.6 Å². The Bertz CT molecular complexity index is 434. The fourth-order valence-corrected chi connectivity index (χ4v) is 3.03. The van der Waals surface area contributed by atoms with E-state index in [4.69, 9.17) is 10.2 Å². The number of thioether (sulfide) groups is 2. The third kappa shape index (κ3) is 12.0. The molecule has 0 spiro atoms. The molecular weight excluding hydrogens is 380 g/mol. The molecule has 0 fully saturated rings.